The van der Waals surface area contributed by atoms with Crippen molar-refractivity contribution < 1.29 is 13.6 Å². The Bertz CT molecular complexity index is 609. The Morgan fingerprint density at radius 2 is 2.11 bits per heavy atom. The van der Waals surface area contributed by atoms with Gasteiger partial charge in [0.2, 0.25) is 0 Å². The van der Waals surface area contributed by atoms with Crippen molar-refractivity contribution in [3.8, 4) is 0 Å². The second-order valence-electron chi connectivity index (χ2n) is 4.27. The van der Waals surface area contributed by atoms with Gasteiger partial charge in [-0.25, -0.2) is 4.39 Å². The van der Waals surface area contributed by atoms with Gasteiger partial charge in [-0.2, -0.15) is 0 Å². The van der Waals surface area contributed by atoms with Crippen LogP contribution in [-0.4, -0.2) is 5.91 Å². The molecule has 0 saturated heterocycles. The standard InChI is InChI=1S/C14H13ClFNO2/c1-8-3-6-13(19-8)9(2)17-14(18)11-7-10(15)4-5-12(11)16/h3-7,9H,1-2H3,(H,17,18). The van der Waals surface area contributed by atoms with E-state index in [9.17, 15) is 9.18 Å². The number of aryl methyl sites for hydroxylation is 1. The number of carbonyl (C=O) groups is 1. The zero-order valence-corrected chi connectivity index (χ0v) is 11.3. The van der Waals surface area contributed by atoms with Crippen molar-refractivity contribution >= 4 is 17.5 Å². The van der Waals surface area contributed by atoms with Crippen LogP contribution in [-0.2, 0) is 0 Å². The van der Waals surface area contributed by atoms with Crippen LogP contribution in [0, 0.1) is 12.7 Å². The summed E-state index contributed by atoms with van der Waals surface area (Å²) in [6.45, 7) is 3.58. The molecule has 0 fully saturated rings. The monoisotopic (exact) mass is 281 g/mol. The molecular formula is C14H13ClFNO2. The quantitative estimate of drug-likeness (QED) is 0.928. The highest BCUT2D eigenvalue weighted by molar-refractivity contribution is 6.31. The molecule has 100 valence electrons. The van der Waals surface area contributed by atoms with Gasteiger partial charge < -0.3 is 9.73 Å². The minimum Gasteiger partial charge on any atom is -0.464 e. The highest BCUT2D eigenvalue weighted by Crippen LogP contribution is 2.18. The summed E-state index contributed by atoms with van der Waals surface area (Å²) in [6, 6.07) is 7.09. The lowest BCUT2D eigenvalue weighted by molar-refractivity contribution is 0.0931. The maximum atomic E-state index is 13.5. The lowest BCUT2D eigenvalue weighted by Gasteiger charge is -2.12. The van der Waals surface area contributed by atoms with Crippen LogP contribution in [0.2, 0.25) is 5.02 Å². The topological polar surface area (TPSA) is 42.2 Å². The Balaban J connectivity index is 2.15. The zero-order chi connectivity index (χ0) is 14.0. The number of hydrogen-bond acceptors (Lipinski definition) is 2. The highest BCUT2D eigenvalue weighted by Gasteiger charge is 2.17. The number of furan rings is 1. The molecule has 19 heavy (non-hydrogen) atoms. The van der Waals surface area contributed by atoms with Gasteiger partial charge in [0.1, 0.15) is 17.3 Å². The van der Waals surface area contributed by atoms with E-state index in [4.69, 9.17) is 16.0 Å². The second kappa shape index (κ2) is 5.45. The van der Waals surface area contributed by atoms with Crippen LogP contribution in [0.25, 0.3) is 0 Å². The van der Waals surface area contributed by atoms with Crippen molar-refractivity contribution in [3.63, 3.8) is 0 Å². The Morgan fingerprint density at radius 1 is 1.37 bits per heavy atom. The van der Waals surface area contributed by atoms with E-state index in [-0.39, 0.29) is 11.6 Å². The van der Waals surface area contributed by atoms with Gasteiger partial charge in [-0.3, -0.25) is 4.79 Å². The summed E-state index contributed by atoms with van der Waals surface area (Å²) in [5.74, 6) is 0.240. The lowest BCUT2D eigenvalue weighted by atomic mass is 10.1. The summed E-state index contributed by atoms with van der Waals surface area (Å²) >= 11 is 5.75. The third kappa shape index (κ3) is 3.15. The van der Waals surface area contributed by atoms with E-state index in [1.54, 1.807) is 19.1 Å². The van der Waals surface area contributed by atoms with Crippen molar-refractivity contribution in [3.05, 3.63) is 58.3 Å². The van der Waals surface area contributed by atoms with E-state index < -0.39 is 11.7 Å². The molecule has 2 aromatic rings. The smallest absolute Gasteiger partial charge is 0.254 e. The van der Waals surface area contributed by atoms with Crippen LogP contribution in [0.15, 0.2) is 34.7 Å². The van der Waals surface area contributed by atoms with Gasteiger partial charge in [-0.05, 0) is 44.2 Å². The van der Waals surface area contributed by atoms with Crippen molar-refractivity contribution in [2.75, 3.05) is 0 Å². The number of hydrogen-bond donors (Lipinski definition) is 1. The Kier molecular flexibility index (Phi) is 3.90. The van der Waals surface area contributed by atoms with Gasteiger partial charge in [0.05, 0.1) is 11.6 Å². The van der Waals surface area contributed by atoms with Gasteiger partial charge >= 0.3 is 0 Å². The molecule has 1 atom stereocenters. The molecule has 0 bridgehead atoms. The number of nitrogens with one attached hydrogen (secondary N) is 1. The Morgan fingerprint density at radius 3 is 2.74 bits per heavy atom. The maximum Gasteiger partial charge on any atom is 0.254 e. The average molecular weight is 282 g/mol. The average Bonchev–Trinajstić information content (AvgIpc) is 2.79. The molecule has 1 amide bonds. The van der Waals surface area contributed by atoms with Crippen LogP contribution in [0.5, 0.6) is 0 Å². The molecule has 0 radical (unpaired) electrons. The molecule has 2 rings (SSSR count). The van der Waals surface area contributed by atoms with Crippen molar-refractivity contribution in [1.82, 2.24) is 5.32 Å². The molecule has 0 aliphatic heterocycles. The predicted octanol–water partition coefficient (Wildman–Crippen LogP) is 3.87. The van der Waals surface area contributed by atoms with Crippen LogP contribution in [0.4, 0.5) is 4.39 Å². The summed E-state index contributed by atoms with van der Waals surface area (Å²) in [7, 11) is 0. The first kappa shape index (κ1) is 13.6. The van der Waals surface area contributed by atoms with E-state index in [0.29, 0.717) is 10.8 Å². The SMILES string of the molecule is Cc1ccc(C(C)NC(=O)c2cc(Cl)ccc2F)o1. The van der Waals surface area contributed by atoms with Crippen LogP contribution < -0.4 is 5.32 Å². The highest BCUT2D eigenvalue weighted by atomic mass is 35.5. The molecule has 0 aliphatic carbocycles. The first-order valence-electron chi connectivity index (χ1n) is 5.79. The first-order chi connectivity index (χ1) is 8.97. The van der Waals surface area contributed by atoms with Crippen molar-refractivity contribution in [2.24, 2.45) is 0 Å². The van der Waals surface area contributed by atoms with E-state index in [0.717, 1.165) is 5.76 Å². The molecule has 1 aromatic heterocycles. The third-order valence-corrected chi connectivity index (χ3v) is 2.94. The molecular weight excluding hydrogens is 269 g/mol. The lowest BCUT2D eigenvalue weighted by Crippen LogP contribution is -2.27. The normalized spacial score (nSPS) is 12.2. The fourth-order valence-corrected chi connectivity index (χ4v) is 1.88. The number of benzene rings is 1. The van der Waals surface area contributed by atoms with Crippen LogP contribution in [0.3, 0.4) is 0 Å². The Hall–Kier alpha value is -1.81. The van der Waals surface area contributed by atoms with Crippen molar-refractivity contribution in [2.45, 2.75) is 19.9 Å². The summed E-state index contributed by atoms with van der Waals surface area (Å²) in [5, 5.41) is 2.98. The van der Waals surface area contributed by atoms with E-state index >= 15 is 0 Å². The van der Waals surface area contributed by atoms with Gasteiger partial charge in [0.25, 0.3) is 5.91 Å². The van der Waals surface area contributed by atoms with Crippen molar-refractivity contribution in [1.29, 1.82) is 0 Å². The maximum absolute atomic E-state index is 13.5. The fourth-order valence-electron chi connectivity index (χ4n) is 1.70. The fraction of sp³-hybridized carbons (Fsp3) is 0.214. The predicted molar refractivity (Wildman–Crippen MR) is 70.7 cm³/mol. The number of rotatable bonds is 3. The van der Waals surface area contributed by atoms with Gasteiger partial charge in [0.15, 0.2) is 0 Å². The number of halogens is 2. The van der Waals surface area contributed by atoms with Gasteiger partial charge in [-0.15, -0.1) is 0 Å². The molecule has 0 aliphatic rings. The molecule has 3 nitrogen and oxygen atoms in total. The molecule has 1 aromatic carbocycles. The summed E-state index contributed by atoms with van der Waals surface area (Å²) in [4.78, 5) is 12.0. The van der Waals surface area contributed by atoms with E-state index in [2.05, 4.69) is 5.32 Å². The molecule has 5 heteroatoms. The zero-order valence-electron chi connectivity index (χ0n) is 10.5. The largest absolute Gasteiger partial charge is 0.464 e. The summed E-state index contributed by atoms with van der Waals surface area (Å²) in [6.07, 6.45) is 0. The van der Waals surface area contributed by atoms with E-state index in [1.165, 1.54) is 18.2 Å². The second-order valence-corrected chi connectivity index (χ2v) is 4.70. The minimum atomic E-state index is -0.607. The van der Waals surface area contributed by atoms with E-state index in [1.807, 2.05) is 6.92 Å². The van der Waals surface area contributed by atoms with Gasteiger partial charge in [0, 0.05) is 5.02 Å². The number of carbonyl (C=O) groups excluding carboxylic acids is 1. The summed E-state index contributed by atoms with van der Waals surface area (Å²) in [5.41, 5.74) is -0.0809. The van der Waals surface area contributed by atoms with Crippen LogP contribution in [0.1, 0.15) is 34.8 Å². The molecule has 1 N–H and O–H groups in total. The first-order valence-corrected chi connectivity index (χ1v) is 6.17. The summed E-state index contributed by atoms with van der Waals surface area (Å²) < 4.78 is 18.9. The molecule has 1 heterocycles. The minimum absolute atomic E-state index is 0.0809. The number of amides is 1. The molecule has 1 unspecified atom stereocenters. The van der Waals surface area contributed by atoms with Crippen LogP contribution >= 0.6 is 11.6 Å². The Labute approximate surface area is 115 Å². The molecule has 0 saturated carbocycles. The molecule has 0 spiro atoms. The van der Waals surface area contributed by atoms with Gasteiger partial charge in [-0.1, -0.05) is 11.6 Å². The third-order valence-electron chi connectivity index (χ3n) is 2.71.